The van der Waals surface area contributed by atoms with E-state index in [2.05, 4.69) is 196 Å². The van der Waals surface area contributed by atoms with Gasteiger partial charge in [-0.05, 0) is 73.5 Å². The van der Waals surface area contributed by atoms with Gasteiger partial charge < -0.3 is 0 Å². The van der Waals surface area contributed by atoms with Crippen molar-refractivity contribution in [3.8, 4) is 78.7 Å². The molecule has 1 aromatic heterocycles. The van der Waals surface area contributed by atoms with Gasteiger partial charge in [-0.1, -0.05) is 201 Å². The topological polar surface area (TPSA) is 38.7 Å². The number of hydrogen-bond acceptors (Lipinski definition) is 3. The number of benzene rings is 8. The third kappa shape index (κ3) is 7.11. The van der Waals surface area contributed by atoms with Crippen LogP contribution in [-0.4, -0.2) is 23.0 Å². The fraction of sp³-hybridized carbons (Fsp3) is 0.0577. The smallest absolute Gasteiger partial charge is 0.164 e. The number of nitrogens with zero attached hydrogens (tertiary/aromatic N) is 3. The van der Waals surface area contributed by atoms with E-state index in [1.54, 1.807) is 0 Å². The number of rotatable bonds is 8. The van der Waals surface area contributed by atoms with E-state index in [4.69, 9.17) is 15.0 Å². The second-order valence-electron chi connectivity index (χ2n) is 15.3. The van der Waals surface area contributed by atoms with Crippen LogP contribution in [0, 0.1) is 0 Å². The van der Waals surface area contributed by atoms with Crippen LogP contribution in [0.2, 0.25) is 19.6 Å². The van der Waals surface area contributed by atoms with Crippen LogP contribution < -0.4 is 5.19 Å². The van der Waals surface area contributed by atoms with Gasteiger partial charge in [-0.25, -0.2) is 15.0 Å². The lowest BCUT2D eigenvalue weighted by Gasteiger charge is -2.17. The standard InChI is InChI=1S/C52H41N3Si/c1-56(2,3)45-30-28-37(29-31-45)42-19-13-21-44(35-42)43-20-12-18-41(34-43)36-24-26-40(27-25-36)51-53-50(39-16-8-5-9-17-39)54-52(55-51)49-33-32-46(38-14-6-4-7-15-38)47-22-10-11-23-48(47)49/h4-35H,1-3H3. The zero-order valence-electron chi connectivity index (χ0n) is 31.8. The summed E-state index contributed by atoms with van der Waals surface area (Å²) in [6, 6.07) is 68.9. The Kier molecular flexibility index (Phi) is 9.26. The Bertz CT molecular complexity index is 2810. The third-order valence-electron chi connectivity index (χ3n) is 10.5. The molecule has 1 heterocycles. The summed E-state index contributed by atoms with van der Waals surface area (Å²) in [6.07, 6.45) is 0. The molecule has 0 unspecified atom stereocenters. The van der Waals surface area contributed by atoms with E-state index in [0.29, 0.717) is 17.5 Å². The van der Waals surface area contributed by atoms with E-state index in [0.717, 1.165) is 38.6 Å². The van der Waals surface area contributed by atoms with Crippen LogP contribution in [0.1, 0.15) is 0 Å². The minimum atomic E-state index is -1.35. The average Bonchev–Trinajstić information content (AvgIpc) is 3.26. The first-order chi connectivity index (χ1) is 27.4. The van der Waals surface area contributed by atoms with Crippen molar-refractivity contribution in [1.82, 2.24) is 15.0 Å². The Morgan fingerprint density at radius 1 is 0.286 bits per heavy atom. The highest BCUT2D eigenvalue weighted by Gasteiger charge is 2.17. The van der Waals surface area contributed by atoms with Crippen molar-refractivity contribution in [2.75, 3.05) is 0 Å². The molecule has 8 aromatic carbocycles. The predicted octanol–water partition coefficient (Wildman–Crippen LogP) is 13.2. The molecule has 268 valence electrons. The summed E-state index contributed by atoms with van der Waals surface area (Å²) >= 11 is 0. The Labute approximate surface area is 330 Å². The maximum atomic E-state index is 5.14. The molecule has 0 radical (unpaired) electrons. The molecule has 9 rings (SSSR count). The Hall–Kier alpha value is -6.75. The molecule has 0 saturated heterocycles. The van der Waals surface area contributed by atoms with E-state index in [1.165, 1.54) is 38.6 Å². The molecule has 56 heavy (non-hydrogen) atoms. The highest BCUT2D eigenvalue weighted by atomic mass is 28.3. The molecular weight excluding hydrogens is 695 g/mol. The number of hydrogen-bond donors (Lipinski definition) is 0. The third-order valence-corrected chi connectivity index (χ3v) is 12.6. The van der Waals surface area contributed by atoms with Gasteiger partial charge in [0, 0.05) is 16.7 Å². The zero-order valence-corrected chi connectivity index (χ0v) is 32.8. The number of fused-ring (bicyclic) bond motifs is 1. The summed E-state index contributed by atoms with van der Waals surface area (Å²) in [5.41, 5.74) is 12.4. The molecule has 0 fully saturated rings. The maximum Gasteiger partial charge on any atom is 0.164 e. The van der Waals surface area contributed by atoms with Crippen LogP contribution in [0.5, 0.6) is 0 Å². The van der Waals surface area contributed by atoms with Crippen molar-refractivity contribution in [3.05, 3.63) is 194 Å². The van der Waals surface area contributed by atoms with Crippen molar-refractivity contribution in [3.63, 3.8) is 0 Å². The summed E-state index contributed by atoms with van der Waals surface area (Å²) in [6.45, 7) is 7.17. The van der Waals surface area contributed by atoms with E-state index in [9.17, 15) is 0 Å². The normalized spacial score (nSPS) is 11.5. The molecule has 0 spiro atoms. The molecule has 0 atom stereocenters. The fourth-order valence-corrected chi connectivity index (χ4v) is 8.60. The summed E-state index contributed by atoms with van der Waals surface area (Å²) in [5.74, 6) is 1.93. The van der Waals surface area contributed by atoms with Crippen LogP contribution in [0.4, 0.5) is 0 Å². The molecule has 4 heteroatoms. The fourth-order valence-electron chi connectivity index (χ4n) is 7.44. The van der Waals surface area contributed by atoms with Gasteiger partial charge in [0.1, 0.15) is 0 Å². The summed E-state index contributed by atoms with van der Waals surface area (Å²) in [5, 5.41) is 3.74. The molecule has 0 aliphatic rings. The highest BCUT2D eigenvalue weighted by molar-refractivity contribution is 6.88. The molecule has 0 bridgehead atoms. The van der Waals surface area contributed by atoms with Crippen LogP contribution in [-0.2, 0) is 0 Å². The highest BCUT2D eigenvalue weighted by Crippen LogP contribution is 2.36. The molecule has 0 saturated carbocycles. The first kappa shape index (κ1) is 35.0. The lowest BCUT2D eigenvalue weighted by molar-refractivity contribution is 1.08. The van der Waals surface area contributed by atoms with Gasteiger partial charge in [0.2, 0.25) is 0 Å². The SMILES string of the molecule is C[Si](C)(C)c1ccc(-c2cccc(-c3cccc(-c4ccc(-c5nc(-c6ccccc6)nc(-c6ccc(-c7ccccc7)c7ccccc67)n5)cc4)c3)c2)cc1. The van der Waals surface area contributed by atoms with E-state index >= 15 is 0 Å². The van der Waals surface area contributed by atoms with Gasteiger partial charge >= 0.3 is 0 Å². The molecule has 0 aliphatic carbocycles. The lowest BCUT2D eigenvalue weighted by Crippen LogP contribution is -2.37. The minimum Gasteiger partial charge on any atom is -0.208 e. The van der Waals surface area contributed by atoms with Gasteiger partial charge in [0.25, 0.3) is 0 Å². The van der Waals surface area contributed by atoms with Crippen molar-refractivity contribution >= 4 is 24.0 Å². The molecular formula is C52H41N3Si. The monoisotopic (exact) mass is 735 g/mol. The summed E-state index contributed by atoms with van der Waals surface area (Å²) < 4.78 is 0. The van der Waals surface area contributed by atoms with Gasteiger partial charge in [0.15, 0.2) is 17.5 Å². The van der Waals surface area contributed by atoms with Crippen molar-refractivity contribution < 1.29 is 0 Å². The first-order valence-corrected chi connectivity index (χ1v) is 22.7. The van der Waals surface area contributed by atoms with Gasteiger partial charge in [-0.15, -0.1) is 0 Å². The predicted molar refractivity (Wildman–Crippen MR) is 238 cm³/mol. The lowest BCUT2D eigenvalue weighted by atomic mass is 9.94. The van der Waals surface area contributed by atoms with Crippen molar-refractivity contribution in [2.45, 2.75) is 19.6 Å². The van der Waals surface area contributed by atoms with Crippen molar-refractivity contribution in [1.29, 1.82) is 0 Å². The molecule has 0 N–H and O–H groups in total. The summed E-state index contributed by atoms with van der Waals surface area (Å²) in [7, 11) is -1.35. The van der Waals surface area contributed by atoms with Gasteiger partial charge in [0.05, 0.1) is 8.07 Å². The second kappa shape index (κ2) is 14.8. The first-order valence-electron chi connectivity index (χ1n) is 19.2. The maximum absolute atomic E-state index is 5.14. The molecule has 9 aromatic rings. The van der Waals surface area contributed by atoms with Crippen LogP contribution in [0.15, 0.2) is 194 Å². The quantitative estimate of drug-likeness (QED) is 0.146. The zero-order chi connectivity index (χ0) is 38.1. The second-order valence-corrected chi connectivity index (χ2v) is 20.4. The molecule has 0 aliphatic heterocycles. The number of aromatic nitrogens is 3. The Morgan fingerprint density at radius 3 is 1.20 bits per heavy atom. The van der Waals surface area contributed by atoms with Crippen LogP contribution in [0.25, 0.3) is 89.4 Å². The van der Waals surface area contributed by atoms with Crippen LogP contribution in [0.3, 0.4) is 0 Å². The average molecular weight is 736 g/mol. The van der Waals surface area contributed by atoms with E-state index < -0.39 is 8.07 Å². The van der Waals surface area contributed by atoms with Crippen molar-refractivity contribution in [2.24, 2.45) is 0 Å². The van der Waals surface area contributed by atoms with E-state index in [-0.39, 0.29) is 0 Å². The Morgan fingerprint density at radius 2 is 0.661 bits per heavy atom. The molecule has 3 nitrogen and oxygen atoms in total. The van der Waals surface area contributed by atoms with Crippen LogP contribution >= 0.6 is 0 Å². The van der Waals surface area contributed by atoms with Gasteiger partial charge in [-0.2, -0.15) is 0 Å². The summed E-state index contributed by atoms with van der Waals surface area (Å²) in [4.78, 5) is 15.2. The Balaban J connectivity index is 1.06. The minimum absolute atomic E-state index is 0.639. The molecule has 0 amide bonds. The van der Waals surface area contributed by atoms with E-state index in [1.807, 2.05) is 18.2 Å². The van der Waals surface area contributed by atoms with Gasteiger partial charge in [-0.3, -0.25) is 0 Å². The largest absolute Gasteiger partial charge is 0.208 e.